The molecular formula is C7H7N2O3S+. The van der Waals surface area contributed by atoms with Crippen LogP contribution in [0.4, 0.5) is 5.69 Å². The van der Waals surface area contributed by atoms with Gasteiger partial charge in [-0.3, -0.25) is 4.55 Å². The Morgan fingerprint density at radius 3 is 2.54 bits per heavy atom. The zero-order valence-corrected chi connectivity index (χ0v) is 7.40. The number of nitrogens with zero attached hydrogens (tertiary/aromatic N) is 2. The lowest BCUT2D eigenvalue weighted by Crippen LogP contribution is -2.01. The Morgan fingerprint density at radius 2 is 2.00 bits per heavy atom. The second-order valence-electron chi connectivity index (χ2n) is 2.45. The van der Waals surface area contributed by atoms with Gasteiger partial charge in [0.2, 0.25) is 5.39 Å². The molecule has 5 nitrogen and oxygen atoms in total. The SMILES string of the molecule is N#[N+]c1ccccc1CS(=O)(=O)O. The highest BCUT2D eigenvalue weighted by Gasteiger charge is 2.17. The van der Waals surface area contributed by atoms with Crippen molar-refractivity contribution >= 4 is 15.8 Å². The van der Waals surface area contributed by atoms with Gasteiger partial charge in [0, 0.05) is 6.07 Å². The third kappa shape index (κ3) is 2.82. The van der Waals surface area contributed by atoms with E-state index in [-0.39, 0.29) is 11.3 Å². The summed E-state index contributed by atoms with van der Waals surface area (Å²) in [4.78, 5) is 2.88. The molecule has 0 aliphatic carbocycles. The minimum atomic E-state index is -4.08. The largest absolute Gasteiger partial charge is 0.389 e. The molecule has 0 bridgehead atoms. The predicted molar refractivity (Wildman–Crippen MR) is 46.4 cm³/mol. The molecule has 0 unspecified atom stereocenters. The number of benzene rings is 1. The molecule has 0 aromatic heterocycles. The summed E-state index contributed by atoms with van der Waals surface area (Å²) in [5.41, 5.74) is 0.396. The molecule has 13 heavy (non-hydrogen) atoms. The zero-order chi connectivity index (χ0) is 9.90. The Bertz CT molecular complexity index is 447. The van der Waals surface area contributed by atoms with E-state index in [0.717, 1.165) is 0 Å². The molecule has 0 spiro atoms. The van der Waals surface area contributed by atoms with Crippen molar-refractivity contribution in [1.82, 2.24) is 0 Å². The zero-order valence-electron chi connectivity index (χ0n) is 6.58. The van der Waals surface area contributed by atoms with Gasteiger partial charge in [-0.15, -0.1) is 0 Å². The number of rotatable bonds is 2. The van der Waals surface area contributed by atoms with Gasteiger partial charge in [0.1, 0.15) is 5.75 Å². The van der Waals surface area contributed by atoms with Crippen LogP contribution in [0.25, 0.3) is 4.98 Å². The van der Waals surface area contributed by atoms with E-state index in [1.807, 2.05) is 0 Å². The Kier molecular flexibility index (Phi) is 2.60. The molecule has 6 heteroatoms. The first-order valence-corrected chi connectivity index (χ1v) is 5.02. The number of hydrogen-bond acceptors (Lipinski definition) is 3. The third-order valence-corrected chi connectivity index (χ3v) is 2.11. The smallest absolute Gasteiger partial charge is 0.285 e. The van der Waals surface area contributed by atoms with Gasteiger partial charge < -0.3 is 0 Å². The van der Waals surface area contributed by atoms with Crippen molar-refractivity contribution in [2.75, 3.05) is 0 Å². The minimum Gasteiger partial charge on any atom is -0.285 e. The van der Waals surface area contributed by atoms with Crippen LogP contribution in [-0.4, -0.2) is 13.0 Å². The summed E-state index contributed by atoms with van der Waals surface area (Å²) < 4.78 is 29.5. The fourth-order valence-electron chi connectivity index (χ4n) is 0.927. The Morgan fingerprint density at radius 1 is 1.38 bits per heavy atom. The van der Waals surface area contributed by atoms with Gasteiger partial charge in [-0.1, -0.05) is 12.1 Å². The quantitative estimate of drug-likeness (QED) is 0.578. The van der Waals surface area contributed by atoms with Crippen molar-refractivity contribution < 1.29 is 13.0 Å². The first kappa shape index (κ1) is 9.64. The number of hydrogen-bond donors (Lipinski definition) is 1. The van der Waals surface area contributed by atoms with Crippen LogP contribution in [0.1, 0.15) is 5.56 Å². The fourth-order valence-corrected chi connectivity index (χ4v) is 1.56. The summed E-state index contributed by atoms with van der Waals surface area (Å²) in [5.74, 6) is -0.548. The van der Waals surface area contributed by atoms with Crippen LogP contribution in [0.5, 0.6) is 0 Å². The highest BCUT2D eigenvalue weighted by Crippen LogP contribution is 2.19. The maximum absolute atomic E-state index is 10.5. The van der Waals surface area contributed by atoms with E-state index in [2.05, 4.69) is 4.98 Å². The molecule has 68 valence electrons. The van der Waals surface area contributed by atoms with Gasteiger partial charge in [0.05, 0.1) is 5.56 Å². The van der Waals surface area contributed by atoms with Crippen molar-refractivity contribution in [3.8, 4) is 0 Å². The Hall–Kier alpha value is -1.45. The van der Waals surface area contributed by atoms with Gasteiger partial charge in [0.15, 0.2) is 4.98 Å². The summed E-state index contributed by atoms with van der Waals surface area (Å²) in [6.45, 7) is 0. The van der Waals surface area contributed by atoms with Gasteiger partial charge >= 0.3 is 5.69 Å². The lowest BCUT2D eigenvalue weighted by molar-refractivity contribution is 0.482. The molecule has 0 saturated heterocycles. The fraction of sp³-hybridized carbons (Fsp3) is 0.143. The number of diazo groups is 1. The van der Waals surface area contributed by atoms with Gasteiger partial charge in [-0.2, -0.15) is 8.42 Å². The highest BCUT2D eigenvalue weighted by molar-refractivity contribution is 7.85. The molecule has 0 saturated carbocycles. The summed E-state index contributed by atoms with van der Waals surface area (Å²) >= 11 is 0. The molecule has 1 N–H and O–H groups in total. The molecule has 0 aliphatic rings. The van der Waals surface area contributed by atoms with E-state index in [1.54, 1.807) is 12.1 Å². The average molecular weight is 199 g/mol. The van der Waals surface area contributed by atoms with Crippen molar-refractivity contribution in [1.29, 1.82) is 5.39 Å². The van der Waals surface area contributed by atoms with Crippen LogP contribution in [0.15, 0.2) is 24.3 Å². The highest BCUT2D eigenvalue weighted by atomic mass is 32.2. The van der Waals surface area contributed by atoms with Crippen LogP contribution in [-0.2, 0) is 15.9 Å². The van der Waals surface area contributed by atoms with Crippen molar-refractivity contribution in [3.05, 3.63) is 34.8 Å². The third-order valence-electron chi connectivity index (χ3n) is 1.44. The summed E-state index contributed by atoms with van der Waals surface area (Å²) in [6.07, 6.45) is 0. The van der Waals surface area contributed by atoms with Crippen molar-refractivity contribution in [3.63, 3.8) is 0 Å². The monoisotopic (exact) mass is 199 g/mol. The topological polar surface area (TPSA) is 82.5 Å². The molecule has 0 atom stereocenters. The van der Waals surface area contributed by atoms with Crippen LogP contribution in [0.2, 0.25) is 0 Å². The standard InChI is InChI=1S/C7H6N2O3S/c8-9-7-4-2-1-3-6(7)5-13(10,11)12/h1-4H,5H2/p+1. The predicted octanol–water partition coefficient (Wildman–Crippen LogP) is 1.56. The second-order valence-corrected chi connectivity index (χ2v) is 3.91. The van der Waals surface area contributed by atoms with E-state index in [9.17, 15) is 8.42 Å². The van der Waals surface area contributed by atoms with Gasteiger partial charge in [-0.25, -0.2) is 0 Å². The molecule has 1 aromatic rings. The van der Waals surface area contributed by atoms with Crippen LogP contribution in [0.3, 0.4) is 0 Å². The van der Waals surface area contributed by atoms with Crippen molar-refractivity contribution in [2.45, 2.75) is 5.75 Å². The molecule has 1 aromatic carbocycles. The minimum absolute atomic E-state index is 0.139. The lowest BCUT2D eigenvalue weighted by atomic mass is 10.2. The van der Waals surface area contributed by atoms with E-state index >= 15 is 0 Å². The van der Waals surface area contributed by atoms with E-state index < -0.39 is 15.9 Å². The molecule has 0 amide bonds. The molecular weight excluding hydrogens is 192 g/mol. The normalized spacial score (nSPS) is 10.8. The molecule has 0 fully saturated rings. The lowest BCUT2D eigenvalue weighted by Gasteiger charge is -1.93. The van der Waals surface area contributed by atoms with Crippen LogP contribution < -0.4 is 0 Å². The van der Waals surface area contributed by atoms with E-state index in [0.29, 0.717) is 0 Å². The molecule has 0 aliphatic heterocycles. The average Bonchev–Trinajstić information content (AvgIpc) is 2.02. The van der Waals surface area contributed by atoms with Crippen LogP contribution >= 0.6 is 0 Å². The molecule has 0 radical (unpaired) electrons. The summed E-state index contributed by atoms with van der Waals surface area (Å²) in [6, 6.07) is 6.10. The molecule has 0 heterocycles. The Labute approximate surface area is 75.4 Å². The maximum Gasteiger partial charge on any atom is 0.389 e. The Balaban J connectivity index is 3.10. The second kappa shape index (κ2) is 3.51. The summed E-state index contributed by atoms with van der Waals surface area (Å²) in [7, 11) is -4.08. The maximum atomic E-state index is 10.5. The van der Waals surface area contributed by atoms with Crippen molar-refractivity contribution in [2.24, 2.45) is 0 Å². The van der Waals surface area contributed by atoms with E-state index in [4.69, 9.17) is 9.95 Å². The van der Waals surface area contributed by atoms with Gasteiger partial charge in [-0.05, 0) is 6.07 Å². The van der Waals surface area contributed by atoms with Gasteiger partial charge in [0.25, 0.3) is 10.1 Å². The summed E-state index contributed by atoms with van der Waals surface area (Å²) in [5, 5.41) is 8.46. The van der Waals surface area contributed by atoms with Crippen LogP contribution in [0, 0.1) is 5.39 Å². The van der Waals surface area contributed by atoms with E-state index in [1.165, 1.54) is 12.1 Å². The molecule has 1 rings (SSSR count). The first-order chi connectivity index (χ1) is 6.03. The first-order valence-electron chi connectivity index (χ1n) is 3.41.